The third-order valence-corrected chi connectivity index (χ3v) is 3.23. The topological polar surface area (TPSA) is 41.1 Å². The lowest BCUT2D eigenvalue weighted by Gasteiger charge is -2.07. The Morgan fingerprint density at radius 1 is 1.15 bits per heavy atom. The van der Waals surface area contributed by atoms with Crippen LogP contribution in [-0.4, -0.2) is 6.03 Å². The maximum atomic E-state index is 11.7. The Bertz CT molecular complexity index is 638. The molecule has 2 rings (SSSR count). The number of para-hydroxylation sites is 1. The average molecular weight is 331 g/mol. The number of anilines is 1. The first kappa shape index (κ1) is 14.3. The van der Waals surface area contributed by atoms with Crippen molar-refractivity contribution in [3.05, 3.63) is 70.3 Å². The normalized spacial score (nSPS) is 10.5. The van der Waals surface area contributed by atoms with Gasteiger partial charge in [0.15, 0.2) is 0 Å². The van der Waals surface area contributed by atoms with Crippen LogP contribution in [0.5, 0.6) is 0 Å². The van der Waals surface area contributed by atoms with Crippen molar-refractivity contribution in [1.82, 2.24) is 5.32 Å². The van der Waals surface area contributed by atoms with Crippen molar-refractivity contribution < 1.29 is 4.79 Å². The van der Waals surface area contributed by atoms with E-state index < -0.39 is 0 Å². The van der Waals surface area contributed by atoms with Crippen LogP contribution >= 0.6 is 15.9 Å². The Balaban J connectivity index is 1.91. The van der Waals surface area contributed by atoms with Gasteiger partial charge in [0.1, 0.15) is 0 Å². The first-order chi connectivity index (χ1) is 9.65. The number of amides is 2. The molecule has 2 aromatic rings. The minimum atomic E-state index is -0.259. The van der Waals surface area contributed by atoms with Crippen LogP contribution < -0.4 is 10.6 Å². The fourth-order valence-corrected chi connectivity index (χ4v) is 2.11. The molecule has 0 saturated carbocycles. The zero-order valence-corrected chi connectivity index (χ0v) is 12.6. The largest absolute Gasteiger partial charge is 0.323 e. The third-order valence-electron chi connectivity index (χ3n) is 2.73. The van der Waals surface area contributed by atoms with E-state index in [-0.39, 0.29) is 6.03 Å². The summed E-state index contributed by atoms with van der Waals surface area (Å²) in [7, 11) is 0. The van der Waals surface area contributed by atoms with Crippen LogP contribution in [0.2, 0.25) is 0 Å². The molecule has 0 heterocycles. The van der Waals surface area contributed by atoms with Gasteiger partial charge < -0.3 is 10.6 Å². The molecular weight excluding hydrogens is 316 g/mol. The van der Waals surface area contributed by atoms with E-state index in [1.54, 1.807) is 6.20 Å². The number of urea groups is 1. The fraction of sp³-hybridized carbons (Fsp3) is 0.0625. The van der Waals surface area contributed by atoms with Gasteiger partial charge >= 0.3 is 6.03 Å². The highest BCUT2D eigenvalue weighted by Crippen LogP contribution is 2.13. The number of rotatable bonds is 3. The molecule has 0 aliphatic carbocycles. The Hall–Kier alpha value is -2.07. The van der Waals surface area contributed by atoms with E-state index in [0.29, 0.717) is 0 Å². The summed E-state index contributed by atoms with van der Waals surface area (Å²) in [4.78, 5) is 11.7. The summed E-state index contributed by atoms with van der Waals surface area (Å²) in [6, 6.07) is 15.2. The zero-order chi connectivity index (χ0) is 14.4. The molecule has 20 heavy (non-hydrogen) atoms. The second kappa shape index (κ2) is 6.91. The third kappa shape index (κ3) is 4.24. The van der Waals surface area contributed by atoms with Crippen molar-refractivity contribution >= 4 is 33.7 Å². The molecule has 2 aromatic carbocycles. The van der Waals surface area contributed by atoms with Crippen molar-refractivity contribution in [2.45, 2.75) is 6.92 Å². The van der Waals surface area contributed by atoms with Crippen LogP contribution in [0.25, 0.3) is 6.08 Å². The number of carbonyl (C=O) groups is 1. The minimum Gasteiger partial charge on any atom is -0.314 e. The summed E-state index contributed by atoms with van der Waals surface area (Å²) in [5.74, 6) is 0. The maximum absolute atomic E-state index is 11.7. The van der Waals surface area contributed by atoms with Gasteiger partial charge in [0.05, 0.1) is 0 Å². The molecule has 0 aromatic heterocycles. The molecule has 0 unspecified atom stereocenters. The molecule has 0 radical (unpaired) electrons. The van der Waals surface area contributed by atoms with Gasteiger partial charge in [-0.3, -0.25) is 0 Å². The van der Waals surface area contributed by atoms with Gasteiger partial charge in [0.2, 0.25) is 0 Å². The molecule has 0 spiro atoms. The van der Waals surface area contributed by atoms with Gasteiger partial charge in [0.25, 0.3) is 0 Å². The lowest BCUT2D eigenvalue weighted by Crippen LogP contribution is -2.24. The summed E-state index contributed by atoms with van der Waals surface area (Å²) < 4.78 is 1.00. The molecular formula is C16H15BrN2O. The molecule has 3 nitrogen and oxygen atoms in total. The SMILES string of the molecule is Cc1ccccc1NC(=O)N/C=C/c1cccc(Br)c1. The van der Waals surface area contributed by atoms with Gasteiger partial charge in [-0.25, -0.2) is 4.79 Å². The maximum Gasteiger partial charge on any atom is 0.323 e. The van der Waals surface area contributed by atoms with E-state index in [0.717, 1.165) is 21.3 Å². The standard InChI is InChI=1S/C16H15BrN2O/c1-12-5-2-3-8-15(12)19-16(20)18-10-9-13-6-4-7-14(17)11-13/h2-11H,1H3,(H2,18,19,20)/b10-9+. The van der Waals surface area contributed by atoms with Gasteiger partial charge in [-0.05, 0) is 42.3 Å². The van der Waals surface area contributed by atoms with Crippen molar-refractivity contribution in [2.24, 2.45) is 0 Å². The van der Waals surface area contributed by atoms with E-state index in [4.69, 9.17) is 0 Å². The Kier molecular flexibility index (Phi) is 4.96. The van der Waals surface area contributed by atoms with E-state index in [9.17, 15) is 4.79 Å². The lowest BCUT2D eigenvalue weighted by molar-refractivity contribution is 0.255. The van der Waals surface area contributed by atoms with Crippen molar-refractivity contribution in [2.75, 3.05) is 5.32 Å². The van der Waals surface area contributed by atoms with Gasteiger partial charge in [0, 0.05) is 16.4 Å². The Labute approximate surface area is 126 Å². The van der Waals surface area contributed by atoms with E-state index in [2.05, 4.69) is 26.6 Å². The number of halogens is 1. The summed E-state index contributed by atoms with van der Waals surface area (Å²) in [5.41, 5.74) is 2.84. The van der Waals surface area contributed by atoms with E-state index in [1.807, 2.05) is 61.5 Å². The first-order valence-corrected chi connectivity index (χ1v) is 7.00. The smallest absolute Gasteiger partial charge is 0.314 e. The summed E-state index contributed by atoms with van der Waals surface area (Å²) in [5, 5.41) is 5.48. The van der Waals surface area contributed by atoms with Crippen LogP contribution in [0.4, 0.5) is 10.5 Å². The molecule has 2 amide bonds. The molecule has 0 saturated heterocycles. The molecule has 0 aliphatic rings. The molecule has 0 fully saturated rings. The highest BCUT2D eigenvalue weighted by Gasteiger charge is 2.00. The highest BCUT2D eigenvalue weighted by atomic mass is 79.9. The number of nitrogens with one attached hydrogen (secondary N) is 2. The molecule has 0 atom stereocenters. The summed E-state index contributed by atoms with van der Waals surface area (Å²) in [6.45, 7) is 1.95. The Morgan fingerprint density at radius 2 is 1.95 bits per heavy atom. The number of aryl methyl sites for hydroxylation is 1. The molecule has 102 valence electrons. The molecule has 2 N–H and O–H groups in total. The Morgan fingerprint density at radius 3 is 2.70 bits per heavy atom. The molecule has 0 bridgehead atoms. The number of hydrogen-bond donors (Lipinski definition) is 2. The van der Waals surface area contributed by atoms with E-state index >= 15 is 0 Å². The number of carbonyl (C=O) groups excluding carboxylic acids is 1. The second-order valence-electron chi connectivity index (χ2n) is 4.30. The monoisotopic (exact) mass is 330 g/mol. The van der Waals surface area contributed by atoms with Crippen LogP contribution in [0, 0.1) is 6.92 Å². The second-order valence-corrected chi connectivity index (χ2v) is 5.22. The van der Waals surface area contributed by atoms with Gasteiger partial charge in [-0.15, -0.1) is 0 Å². The predicted octanol–water partition coefficient (Wildman–Crippen LogP) is 4.55. The van der Waals surface area contributed by atoms with Crippen molar-refractivity contribution in [3.63, 3.8) is 0 Å². The van der Waals surface area contributed by atoms with Crippen LogP contribution in [0.15, 0.2) is 59.2 Å². The predicted molar refractivity (Wildman–Crippen MR) is 86.5 cm³/mol. The van der Waals surface area contributed by atoms with Crippen LogP contribution in [0.3, 0.4) is 0 Å². The fourth-order valence-electron chi connectivity index (χ4n) is 1.70. The zero-order valence-electron chi connectivity index (χ0n) is 11.1. The first-order valence-electron chi connectivity index (χ1n) is 6.20. The summed E-state index contributed by atoms with van der Waals surface area (Å²) in [6.07, 6.45) is 3.46. The molecule has 0 aliphatic heterocycles. The average Bonchev–Trinajstić information content (AvgIpc) is 2.41. The highest BCUT2D eigenvalue weighted by molar-refractivity contribution is 9.10. The number of hydrogen-bond acceptors (Lipinski definition) is 1. The van der Waals surface area contributed by atoms with Crippen LogP contribution in [-0.2, 0) is 0 Å². The van der Waals surface area contributed by atoms with Crippen molar-refractivity contribution in [3.8, 4) is 0 Å². The van der Waals surface area contributed by atoms with Crippen LogP contribution in [0.1, 0.15) is 11.1 Å². The summed E-state index contributed by atoms with van der Waals surface area (Å²) >= 11 is 3.40. The molecule has 4 heteroatoms. The number of benzene rings is 2. The van der Waals surface area contributed by atoms with Crippen molar-refractivity contribution in [1.29, 1.82) is 0 Å². The minimum absolute atomic E-state index is 0.259. The quantitative estimate of drug-likeness (QED) is 0.851. The van der Waals surface area contributed by atoms with E-state index in [1.165, 1.54) is 0 Å². The van der Waals surface area contributed by atoms with Gasteiger partial charge in [-0.1, -0.05) is 46.3 Å². The van der Waals surface area contributed by atoms with Gasteiger partial charge in [-0.2, -0.15) is 0 Å². The lowest BCUT2D eigenvalue weighted by atomic mass is 10.2.